The lowest BCUT2D eigenvalue weighted by atomic mass is 9.58. The van der Waals surface area contributed by atoms with E-state index in [2.05, 4.69) is 39.3 Å². The minimum Gasteiger partial charge on any atom is -0.445 e. The number of benzene rings is 1. The number of carbonyl (C=O) groups is 1. The van der Waals surface area contributed by atoms with Crippen molar-refractivity contribution in [3.63, 3.8) is 0 Å². The average molecular weight is 641 g/mol. The number of rotatable bonds is 7. The van der Waals surface area contributed by atoms with Crippen molar-refractivity contribution in [2.24, 2.45) is 35.0 Å². The Balaban J connectivity index is 1.21. The fourth-order valence-electron chi connectivity index (χ4n) is 10.6. The number of piperidine rings is 1. The van der Waals surface area contributed by atoms with Crippen LogP contribution in [0.1, 0.15) is 104 Å². The summed E-state index contributed by atoms with van der Waals surface area (Å²) in [6.07, 6.45) is 11.8. The maximum Gasteiger partial charge on any atom is 0.410 e. The van der Waals surface area contributed by atoms with Crippen LogP contribution in [0.15, 0.2) is 41.5 Å². The Morgan fingerprint density at radius 3 is 2.58 bits per heavy atom. The number of allylic oxidation sites excluding steroid dienone is 1. The van der Waals surface area contributed by atoms with Crippen molar-refractivity contribution in [2.45, 2.75) is 129 Å². The summed E-state index contributed by atoms with van der Waals surface area (Å²) in [6, 6.07) is 10.0. The van der Waals surface area contributed by atoms with Gasteiger partial charge >= 0.3 is 6.09 Å². The maximum absolute atomic E-state index is 13.6. The first kappa shape index (κ1) is 33.0. The van der Waals surface area contributed by atoms with Gasteiger partial charge < -0.3 is 14.4 Å². The lowest BCUT2D eigenvalue weighted by Crippen LogP contribution is -2.54. The van der Waals surface area contributed by atoms with E-state index in [0.29, 0.717) is 30.2 Å². The third kappa shape index (κ3) is 6.25. The molecule has 1 N–H and O–H groups in total. The van der Waals surface area contributed by atoms with Crippen LogP contribution in [0.3, 0.4) is 0 Å². The van der Waals surface area contributed by atoms with Crippen molar-refractivity contribution in [1.29, 1.82) is 0 Å². The molecule has 0 unspecified atom stereocenters. The van der Waals surface area contributed by atoms with Gasteiger partial charge in [0.1, 0.15) is 6.61 Å². The summed E-state index contributed by atoms with van der Waals surface area (Å²) in [5.74, 6) is 2.31. The van der Waals surface area contributed by atoms with Crippen LogP contribution in [0.25, 0.3) is 0 Å². The lowest BCUT2D eigenvalue weighted by molar-refractivity contribution is -0.0628. The van der Waals surface area contributed by atoms with Crippen LogP contribution in [0.4, 0.5) is 4.79 Å². The van der Waals surface area contributed by atoms with Crippen LogP contribution >= 0.6 is 0 Å². The zero-order chi connectivity index (χ0) is 32.1. The molecule has 3 aliphatic carbocycles. The molecule has 0 bridgehead atoms. The van der Waals surface area contributed by atoms with E-state index in [4.69, 9.17) is 9.47 Å². The number of nitrogens with one attached hydrogen (secondary N) is 1. The predicted octanol–water partition coefficient (Wildman–Crippen LogP) is 7.47. The second kappa shape index (κ2) is 12.6. The van der Waals surface area contributed by atoms with E-state index < -0.39 is 10.0 Å². The molecule has 2 aliphatic heterocycles. The molecule has 6 rings (SSSR count). The number of amides is 1. The number of likely N-dealkylation sites (tertiary alicyclic amines) is 1. The Morgan fingerprint density at radius 1 is 1.11 bits per heavy atom. The van der Waals surface area contributed by atoms with Gasteiger partial charge in [-0.15, -0.1) is 0 Å². The molecular formula is C37H56N2O5S. The molecule has 2 saturated carbocycles. The largest absolute Gasteiger partial charge is 0.445 e. The number of carbonyl (C=O) groups excluding carboxylic acids is 1. The summed E-state index contributed by atoms with van der Waals surface area (Å²) in [7, 11) is -3.20. The Labute approximate surface area is 271 Å². The maximum atomic E-state index is 13.6. The highest BCUT2D eigenvalue weighted by molar-refractivity contribution is 7.88. The van der Waals surface area contributed by atoms with E-state index in [1.807, 2.05) is 35.2 Å². The van der Waals surface area contributed by atoms with E-state index in [0.717, 1.165) is 63.4 Å². The topological polar surface area (TPSA) is 84.9 Å². The molecule has 8 heteroatoms. The van der Waals surface area contributed by atoms with Gasteiger partial charge in [-0.2, -0.15) is 0 Å². The summed E-state index contributed by atoms with van der Waals surface area (Å²) in [5.41, 5.74) is 3.96. The van der Waals surface area contributed by atoms with Gasteiger partial charge in [0.15, 0.2) is 0 Å². The minimum absolute atomic E-state index is 0.0258. The minimum atomic E-state index is -3.20. The van der Waals surface area contributed by atoms with Crippen molar-refractivity contribution in [3.05, 3.63) is 47.0 Å². The second-order valence-electron chi connectivity index (χ2n) is 15.7. The lowest BCUT2D eigenvalue weighted by Gasteiger charge is -2.48. The smallest absolute Gasteiger partial charge is 0.410 e. The van der Waals surface area contributed by atoms with E-state index in [9.17, 15) is 13.2 Å². The van der Waals surface area contributed by atoms with Gasteiger partial charge in [-0.1, -0.05) is 76.4 Å². The molecule has 2 saturated heterocycles. The summed E-state index contributed by atoms with van der Waals surface area (Å²) >= 11 is 0. The second-order valence-corrected chi connectivity index (χ2v) is 17.5. The molecule has 5 aliphatic rings. The summed E-state index contributed by atoms with van der Waals surface area (Å²) in [6.45, 7) is 12.7. The number of hydrogen-bond acceptors (Lipinski definition) is 5. The van der Waals surface area contributed by atoms with E-state index in [1.165, 1.54) is 18.2 Å². The number of fused-ring (bicyclic) bond motifs is 2. The molecule has 10 atom stereocenters. The molecule has 4 fully saturated rings. The van der Waals surface area contributed by atoms with Gasteiger partial charge in [0.25, 0.3) is 0 Å². The van der Waals surface area contributed by atoms with Crippen LogP contribution in [-0.2, 0) is 26.1 Å². The molecule has 0 radical (unpaired) electrons. The number of ether oxygens (including phenoxy) is 2. The summed E-state index contributed by atoms with van der Waals surface area (Å²) in [5, 5.41) is 0. The molecular weight excluding hydrogens is 584 g/mol. The van der Waals surface area contributed by atoms with Crippen molar-refractivity contribution in [2.75, 3.05) is 12.8 Å². The predicted molar refractivity (Wildman–Crippen MR) is 178 cm³/mol. The van der Waals surface area contributed by atoms with Gasteiger partial charge in [-0.05, 0) is 98.5 Å². The molecule has 1 spiro atoms. The van der Waals surface area contributed by atoms with Crippen LogP contribution in [0.2, 0.25) is 0 Å². The SMILES string of the molecule is CCC[C@@H]1C[C@H](NS(C)(=O)=O)CC[C@]1(C)[C@H]1CC2=C(C)[C@]3(CC[C@H]2C1)O[C@@H]1C[C@H](C)CN(C(=O)OCc2ccccc2)[C@H]1[C@H]3C. The molecule has 250 valence electrons. The molecule has 7 nitrogen and oxygen atoms in total. The third-order valence-corrected chi connectivity index (χ3v) is 13.7. The van der Waals surface area contributed by atoms with Gasteiger partial charge in [0.2, 0.25) is 10.0 Å². The molecule has 2 heterocycles. The van der Waals surface area contributed by atoms with Gasteiger partial charge in [-0.25, -0.2) is 17.9 Å². The number of sulfonamides is 1. The van der Waals surface area contributed by atoms with E-state index in [1.54, 1.807) is 5.57 Å². The van der Waals surface area contributed by atoms with E-state index in [-0.39, 0.29) is 47.8 Å². The molecule has 45 heavy (non-hydrogen) atoms. The van der Waals surface area contributed by atoms with Crippen LogP contribution in [-0.4, -0.2) is 56.0 Å². The molecule has 1 aromatic rings. The first-order valence-electron chi connectivity index (χ1n) is 17.7. The molecule has 1 aromatic carbocycles. The van der Waals surface area contributed by atoms with Crippen LogP contribution in [0, 0.1) is 35.0 Å². The van der Waals surface area contributed by atoms with Crippen LogP contribution < -0.4 is 4.72 Å². The normalized spacial score (nSPS) is 40.0. The monoisotopic (exact) mass is 640 g/mol. The Hall–Kier alpha value is -1.90. The van der Waals surface area contributed by atoms with Gasteiger partial charge in [-0.3, -0.25) is 0 Å². The van der Waals surface area contributed by atoms with Crippen molar-refractivity contribution in [1.82, 2.24) is 9.62 Å². The first-order valence-corrected chi connectivity index (χ1v) is 19.6. The Bertz CT molecular complexity index is 1380. The highest BCUT2D eigenvalue weighted by Gasteiger charge is 2.61. The Kier molecular flexibility index (Phi) is 9.25. The highest BCUT2D eigenvalue weighted by atomic mass is 32.2. The molecule has 1 amide bonds. The van der Waals surface area contributed by atoms with Gasteiger partial charge in [0, 0.05) is 18.5 Å². The standard InChI is InChI=1S/C37H56N2O5S/c1-7-11-29-20-31(38-45(6,41)42)15-16-36(29,5)30-19-28-14-17-37(25(3)32(28)21-30)26(4)34-33(44-37)18-24(2)22-39(34)35(40)43-23-27-12-9-8-10-13-27/h8-10,12-13,24,26,28-31,33-34,38H,7,11,14-23H2,1-6H3/t24-,26+,28-,29+,30+,31+,33+,34-,36-,37-/m0/s1. The third-order valence-electron chi connectivity index (χ3n) is 12.9. The molecule has 0 aromatic heterocycles. The number of nitrogens with zero attached hydrogens (tertiary/aromatic N) is 1. The van der Waals surface area contributed by atoms with Crippen molar-refractivity contribution < 1.29 is 22.7 Å². The fraction of sp³-hybridized carbons (Fsp3) is 0.757. The zero-order valence-electron chi connectivity index (χ0n) is 28.4. The number of hydrogen-bond donors (Lipinski definition) is 1. The van der Waals surface area contributed by atoms with Crippen molar-refractivity contribution in [3.8, 4) is 0 Å². The highest BCUT2D eigenvalue weighted by Crippen LogP contribution is 2.61. The quantitative estimate of drug-likeness (QED) is 0.313. The van der Waals surface area contributed by atoms with E-state index >= 15 is 0 Å². The Morgan fingerprint density at radius 2 is 1.87 bits per heavy atom. The van der Waals surface area contributed by atoms with Crippen LogP contribution in [0.5, 0.6) is 0 Å². The zero-order valence-corrected chi connectivity index (χ0v) is 29.2. The van der Waals surface area contributed by atoms with Crippen molar-refractivity contribution >= 4 is 16.1 Å². The summed E-state index contributed by atoms with van der Waals surface area (Å²) < 4.78 is 40.1. The fourth-order valence-corrected chi connectivity index (χ4v) is 11.4. The average Bonchev–Trinajstić information content (AvgIpc) is 3.56. The first-order chi connectivity index (χ1) is 21.3. The van der Waals surface area contributed by atoms with Gasteiger partial charge in [0.05, 0.1) is 24.0 Å². The summed E-state index contributed by atoms with van der Waals surface area (Å²) in [4.78, 5) is 15.6.